The molecule has 1 aliphatic rings. The van der Waals surface area contributed by atoms with Gasteiger partial charge in [0, 0.05) is 22.8 Å². The SMILES string of the molecule is CN1C(=O)Cc2cc(C(O)c3cccc(Br)c3Cl)ccc21. The van der Waals surface area contributed by atoms with Crippen LogP contribution in [0.25, 0.3) is 0 Å². The molecule has 0 aromatic heterocycles. The number of nitrogens with zero attached hydrogens (tertiary/aromatic N) is 1. The summed E-state index contributed by atoms with van der Waals surface area (Å²) < 4.78 is 0.747. The summed E-state index contributed by atoms with van der Waals surface area (Å²) in [6.07, 6.45) is -0.445. The minimum absolute atomic E-state index is 0.0668. The molecule has 1 atom stereocenters. The molecule has 2 aromatic rings. The summed E-state index contributed by atoms with van der Waals surface area (Å²) in [4.78, 5) is 13.4. The maximum Gasteiger partial charge on any atom is 0.231 e. The molecule has 0 saturated carbocycles. The molecule has 1 unspecified atom stereocenters. The van der Waals surface area contributed by atoms with Gasteiger partial charge in [-0.2, -0.15) is 0 Å². The van der Waals surface area contributed by atoms with Crippen LogP contribution >= 0.6 is 27.5 Å². The second-order valence-corrected chi connectivity index (χ2v) is 6.30. The lowest BCUT2D eigenvalue weighted by Gasteiger charge is -2.16. The molecule has 21 heavy (non-hydrogen) atoms. The zero-order valence-corrected chi connectivity index (χ0v) is 13.6. The summed E-state index contributed by atoms with van der Waals surface area (Å²) in [5.41, 5.74) is 3.21. The Balaban J connectivity index is 2.00. The Labute approximate surface area is 136 Å². The molecular weight excluding hydrogens is 354 g/mol. The van der Waals surface area contributed by atoms with Gasteiger partial charge in [-0.25, -0.2) is 0 Å². The van der Waals surface area contributed by atoms with E-state index in [-0.39, 0.29) is 5.91 Å². The van der Waals surface area contributed by atoms with Crippen molar-refractivity contribution in [3.63, 3.8) is 0 Å². The van der Waals surface area contributed by atoms with Crippen LogP contribution in [0.4, 0.5) is 5.69 Å². The van der Waals surface area contributed by atoms with Gasteiger partial charge in [-0.3, -0.25) is 4.79 Å². The van der Waals surface area contributed by atoms with Crippen LogP contribution in [0.3, 0.4) is 0 Å². The van der Waals surface area contributed by atoms with Crippen molar-refractivity contribution in [2.24, 2.45) is 0 Å². The van der Waals surface area contributed by atoms with Gasteiger partial charge in [0.05, 0.1) is 11.4 Å². The molecule has 0 fully saturated rings. The van der Waals surface area contributed by atoms with Gasteiger partial charge < -0.3 is 10.0 Å². The lowest BCUT2D eigenvalue weighted by molar-refractivity contribution is -0.117. The number of hydrogen-bond acceptors (Lipinski definition) is 2. The quantitative estimate of drug-likeness (QED) is 0.880. The molecule has 0 saturated heterocycles. The first kappa shape index (κ1) is 14.6. The molecule has 108 valence electrons. The molecule has 1 aliphatic heterocycles. The summed E-state index contributed by atoms with van der Waals surface area (Å²) in [7, 11) is 1.76. The van der Waals surface area contributed by atoms with Gasteiger partial charge in [0.1, 0.15) is 6.10 Å². The van der Waals surface area contributed by atoms with Crippen molar-refractivity contribution >= 4 is 39.1 Å². The maximum absolute atomic E-state index is 11.7. The predicted octanol–water partition coefficient (Wildman–Crippen LogP) is 3.70. The van der Waals surface area contributed by atoms with Gasteiger partial charge in [0.15, 0.2) is 0 Å². The highest BCUT2D eigenvalue weighted by molar-refractivity contribution is 9.10. The lowest BCUT2D eigenvalue weighted by atomic mass is 9.98. The number of benzene rings is 2. The summed E-state index contributed by atoms with van der Waals surface area (Å²) in [6.45, 7) is 0. The van der Waals surface area contributed by atoms with E-state index >= 15 is 0 Å². The second-order valence-electron chi connectivity index (χ2n) is 5.06. The predicted molar refractivity (Wildman–Crippen MR) is 86.8 cm³/mol. The fraction of sp³-hybridized carbons (Fsp3) is 0.188. The van der Waals surface area contributed by atoms with Crippen LogP contribution in [-0.2, 0) is 11.2 Å². The smallest absolute Gasteiger partial charge is 0.231 e. The third kappa shape index (κ3) is 2.48. The Kier molecular flexibility index (Phi) is 3.78. The largest absolute Gasteiger partial charge is 0.384 e. The van der Waals surface area contributed by atoms with Crippen LogP contribution in [0.1, 0.15) is 22.8 Å². The van der Waals surface area contributed by atoms with E-state index in [9.17, 15) is 9.90 Å². The number of carbonyl (C=O) groups excluding carboxylic acids is 1. The third-order valence-electron chi connectivity index (χ3n) is 3.77. The highest BCUT2D eigenvalue weighted by Gasteiger charge is 2.25. The molecular formula is C16H13BrClNO2. The van der Waals surface area contributed by atoms with Crippen LogP contribution in [0.2, 0.25) is 5.02 Å². The number of halogens is 2. The molecule has 0 radical (unpaired) electrons. The zero-order chi connectivity index (χ0) is 15.1. The number of anilines is 1. The molecule has 1 amide bonds. The van der Waals surface area contributed by atoms with E-state index in [2.05, 4.69) is 15.9 Å². The van der Waals surface area contributed by atoms with Crippen LogP contribution in [0.15, 0.2) is 40.9 Å². The van der Waals surface area contributed by atoms with Gasteiger partial charge in [0.2, 0.25) is 5.91 Å². The summed E-state index contributed by atoms with van der Waals surface area (Å²) in [6, 6.07) is 11.0. The van der Waals surface area contributed by atoms with Gasteiger partial charge >= 0.3 is 0 Å². The topological polar surface area (TPSA) is 40.5 Å². The molecule has 0 bridgehead atoms. The Morgan fingerprint density at radius 3 is 2.86 bits per heavy atom. The number of rotatable bonds is 2. The average molecular weight is 367 g/mol. The number of fused-ring (bicyclic) bond motifs is 1. The lowest BCUT2D eigenvalue weighted by Crippen LogP contribution is -2.20. The molecule has 5 heteroatoms. The van der Waals surface area contributed by atoms with Crippen LogP contribution in [0.5, 0.6) is 0 Å². The molecule has 1 heterocycles. The van der Waals surface area contributed by atoms with Crippen molar-refractivity contribution in [2.45, 2.75) is 12.5 Å². The van der Waals surface area contributed by atoms with Crippen LogP contribution < -0.4 is 4.90 Å². The fourth-order valence-corrected chi connectivity index (χ4v) is 3.18. The number of likely N-dealkylation sites (N-methyl/N-ethyl adjacent to an activating group) is 1. The van der Waals surface area contributed by atoms with E-state index in [1.807, 2.05) is 30.3 Å². The number of amides is 1. The molecule has 3 nitrogen and oxygen atoms in total. The fourth-order valence-electron chi connectivity index (χ4n) is 2.57. The van der Waals surface area contributed by atoms with Crippen molar-refractivity contribution < 1.29 is 9.90 Å². The number of carbonyl (C=O) groups is 1. The highest BCUT2D eigenvalue weighted by atomic mass is 79.9. The molecule has 2 aromatic carbocycles. The molecule has 1 N–H and O–H groups in total. The first-order chi connectivity index (χ1) is 9.99. The van der Waals surface area contributed by atoms with Crippen molar-refractivity contribution in [1.82, 2.24) is 0 Å². The van der Waals surface area contributed by atoms with E-state index in [1.54, 1.807) is 18.0 Å². The molecule has 0 spiro atoms. The van der Waals surface area contributed by atoms with Gasteiger partial charge in [0.25, 0.3) is 0 Å². The van der Waals surface area contributed by atoms with E-state index in [4.69, 9.17) is 11.6 Å². The minimum atomic E-state index is -0.818. The Morgan fingerprint density at radius 2 is 2.10 bits per heavy atom. The minimum Gasteiger partial charge on any atom is -0.384 e. The average Bonchev–Trinajstić information content (AvgIpc) is 2.76. The zero-order valence-electron chi connectivity index (χ0n) is 11.3. The second kappa shape index (κ2) is 5.44. The van der Waals surface area contributed by atoms with Crippen molar-refractivity contribution in [1.29, 1.82) is 0 Å². The normalized spacial score (nSPS) is 15.2. The Hall–Kier alpha value is -1.36. The van der Waals surface area contributed by atoms with E-state index in [1.165, 1.54) is 0 Å². The molecule has 3 rings (SSSR count). The van der Waals surface area contributed by atoms with E-state index in [0.717, 1.165) is 21.3 Å². The summed E-state index contributed by atoms with van der Waals surface area (Å²) in [5.74, 6) is 0.0668. The Morgan fingerprint density at radius 1 is 1.33 bits per heavy atom. The van der Waals surface area contributed by atoms with E-state index in [0.29, 0.717) is 17.0 Å². The third-order valence-corrected chi connectivity index (χ3v) is 5.08. The summed E-state index contributed by atoms with van der Waals surface area (Å²) in [5, 5.41) is 11.1. The maximum atomic E-state index is 11.7. The molecule has 0 aliphatic carbocycles. The van der Waals surface area contributed by atoms with Gasteiger partial charge in [-0.05, 0) is 39.2 Å². The summed E-state index contributed by atoms with van der Waals surface area (Å²) >= 11 is 9.59. The number of hydrogen-bond donors (Lipinski definition) is 1. The van der Waals surface area contributed by atoms with Crippen LogP contribution in [0, 0.1) is 0 Å². The first-order valence-electron chi connectivity index (χ1n) is 6.50. The van der Waals surface area contributed by atoms with Gasteiger partial charge in [-0.1, -0.05) is 35.9 Å². The standard InChI is InChI=1S/C16H13BrClNO2/c1-19-13-6-5-9(7-10(13)8-14(19)20)16(21)11-3-2-4-12(17)15(11)18/h2-7,16,21H,8H2,1H3. The highest BCUT2D eigenvalue weighted by Crippen LogP contribution is 2.36. The first-order valence-corrected chi connectivity index (χ1v) is 7.67. The van der Waals surface area contributed by atoms with Crippen LogP contribution in [-0.4, -0.2) is 18.1 Å². The van der Waals surface area contributed by atoms with Crippen molar-refractivity contribution in [2.75, 3.05) is 11.9 Å². The number of aliphatic hydroxyl groups excluding tert-OH is 1. The Bertz CT molecular complexity index is 732. The van der Waals surface area contributed by atoms with E-state index < -0.39 is 6.10 Å². The number of aliphatic hydroxyl groups is 1. The van der Waals surface area contributed by atoms with Crippen molar-refractivity contribution in [3.8, 4) is 0 Å². The van der Waals surface area contributed by atoms with Gasteiger partial charge in [-0.15, -0.1) is 0 Å². The van der Waals surface area contributed by atoms with Crippen molar-refractivity contribution in [3.05, 3.63) is 62.6 Å². The monoisotopic (exact) mass is 365 g/mol.